The van der Waals surface area contributed by atoms with Gasteiger partial charge in [0.05, 0.1) is 30.7 Å². The molecule has 2 fully saturated rings. The van der Waals surface area contributed by atoms with Crippen molar-refractivity contribution in [2.75, 3.05) is 44.9 Å². The lowest BCUT2D eigenvalue weighted by Crippen LogP contribution is -2.62. The summed E-state index contributed by atoms with van der Waals surface area (Å²) < 4.78 is 29.3. The molecule has 1 aromatic heterocycles. The Hall–Kier alpha value is -1.16. The summed E-state index contributed by atoms with van der Waals surface area (Å²) >= 11 is 1.59. The van der Waals surface area contributed by atoms with Crippen molar-refractivity contribution in [2.45, 2.75) is 18.6 Å². The van der Waals surface area contributed by atoms with Crippen LogP contribution < -0.4 is 5.32 Å². The molecule has 9 heteroatoms. The van der Waals surface area contributed by atoms with E-state index in [9.17, 15) is 13.2 Å². The van der Waals surface area contributed by atoms with Crippen LogP contribution in [0.3, 0.4) is 0 Å². The standard InChI is InChI=1S/C15H23N3O4S2/c1-22-7-6-17-4-5-18(14-11-24(20,21)10-13(14)17)15(19)16-9-12-3-2-8-23-12/h2-3,8,13-14H,4-7,9-11H2,1H3,(H,16,19)/t13-,14+/m0/s1. The maximum absolute atomic E-state index is 12.5. The van der Waals surface area contributed by atoms with Crippen LogP contribution in [0.4, 0.5) is 4.79 Å². The molecule has 2 saturated heterocycles. The number of urea groups is 1. The number of hydrogen-bond donors (Lipinski definition) is 1. The molecule has 1 N–H and O–H groups in total. The molecule has 0 aromatic carbocycles. The van der Waals surface area contributed by atoms with E-state index < -0.39 is 9.84 Å². The van der Waals surface area contributed by atoms with E-state index in [2.05, 4.69) is 10.2 Å². The highest BCUT2D eigenvalue weighted by molar-refractivity contribution is 7.91. The molecule has 0 aliphatic carbocycles. The molecule has 2 aliphatic rings. The van der Waals surface area contributed by atoms with E-state index in [1.165, 1.54) is 0 Å². The second-order valence-corrected chi connectivity index (χ2v) is 9.36. The summed E-state index contributed by atoms with van der Waals surface area (Å²) in [4.78, 5) is 17.5. The lowest BCUT2D eigenvalue weighted by molar-refractivity contribution is 0.0465. The Morgan fingerprint density at radius 3 is 2.88 bits per heavy atom. The third-order valence-corrected chi connectivity index (χ3v) is 7.20. The quantitative estimate of drug-likeness (QED) is 0.808. The first-order valence-corrected chi connectivity index (χ1v) is 10.7. The van der Waals surface area contributed by atoms with Crippen molar-refractivity contribution in [1.82, 2.24) is 15.1 Å². The minimum atomic E-state index is -3.11. The van der Waals surface area contributed by atoms with Crippen LogP contribution in [0, 0.1) is 0 Å². The highest BCUT2D eigenvalue weighted by atomic mass is 32.2. The molecule has 0 saturated carbocycles. The van der Waals surface area contributed by atoms with Crippen molar-refractivity contribution in [3.63, 3.8) is 0 Å². The zero-order chi connectivity index (χ0) is 17.2. The highest BCUT2D eigenvalue weighted by Crippen LogP contribution is 2.27. The van der Waals surface area contributed by atoms with Gasteiger partial charge in [-0.25, -0.2) is 13.2 Å². The first kappa shape index (κ1) is 17.7. The van der Waals surface area contributed by atoms with Gasteiger partial charge in [0.1, 0.15) is 0 Å². The number of fused-ring (bicyclic) bond motifs is 1. The number of carbonyl (C=O) groups excluding carboxylic acids is 1. The van der Waals surface area contributed by atoms with E-state index in [4.69, 9.17) is 4.74 Å². The second-order valence-electron chi connectivity index (χ2n) is 6.17. The van der Waals surface area contributed by atoms with E-state index in [0.29, 0.717) is 32.8 Å². The normalized spacial score (nSPS) is 26.3. The van der Waals surface area contributed by atoms with Gasteiger partial charge in [-0.15, -0.1) is 11.3 Å². The number of ether oxygens (including phenoxy) is 1. The number of sulfone groups is 1. The first-order chi connectivity index (χ1) is 11.5. The van der Waals surface area contributed by atoms with Gasteiger partial charge in [0, 0.05) is 37.7 Å². The Bertz CT molecular complexity index is 662. The van der Waals surface area contributed by atoms with E-state index in [1.54, 1.807) is 23.3 Å². The van der Waals surface area contributed by atoms with Crippen LogP contribution in [0.15, 0.2) is 17.5 Å². The van der Waals surface area contributed by atoms with Crippen LogP contribution in [0.5, 0.6) is 0 Å². The fourth-order valence-corrected chi connectivity index (χ4v) is 6.10. The SMILES string of the molecule is COCCN1CCN(C(=O)NCc2cccs2)[C@@H]2CS(=O)(=O)C[C@@H]21. The van der Waals surface area contributed by atoms with Crippen LogP contribution in [0.25, 0.3) is 0 Å². The number of amides is 2. The zero-order valence-electron chi connectivity index (χ0n) is 13.7. The summed E-state index contributed by atoms with van der Waals surface area (Å²) in [7, 11) is -1.48. The van der Waals surface area contributed by atoms with Crippen molar-refractivity contribution >= 4 is 27.2 Å². The van der Waals surface area contributed by atoms with Crippen molar-refractivity contribution in [3.8, 4) is 0 Å². The highest BCUT2D eigenvalue weighted by Gasteiger charge is 2.47. The molecule has 2 atom stereocenters. The van der Waals surface area contributed by atoms with Crippen molar-refractivity contribution in [3.05, 3.63) is 22.4 Å². The molecular formula is C15H23N3O4S2. The fraction of sp³-hybridized carbons (Fsp3) is 0.667. The molecule has 7 nitrogen and oxygen atoms in total. The van der Waals surface area contributed by atoms with E-state index >= 15 is 0 Å². The molecular weight excluding hydrogens is 350 g/mol. The molecule has 0 spiro atoms. The number of hydrogen-bond acceptors (Lipinski definition) is 6. The lowest BCUT2D eigenvalue weighted by atomic mass is 10.1. The van der Waals surface area contributed by atoms with E-state index in [0.717, 1.165) is 4.88 Å². The van der Waals surface area contributed by atoms with Gasteiger partial charge in [-0.2, -0.15) is 0 Å². The van der Waals surface area contributed by atoms with E-state index in [-0.39, 0.29) is 29.6 Å². The summed E-state index contributed by atoms with van der Waals surface area (Å²) in [6.45, 7) is 2.94. The first-order valence-electron chi connectivity index (χ1n) is 8.00. The Morgan fingerprint density at radius 1 is 1.38 bits per heavy atom. The number of piperazine rings is 1. The Balaban J connectivity index is 1.67. The number of carbonyl (C=O) groups is 1. The average molecular weight is 374 g/mol. The molecule has 0 unspecified atom stereocenters. The third kappa shape index (κ3) is 3.90. The summed E-state index contributed by atoms with van der Waals surface area (Å²) in [5, 5.41) is 4.88. The summed E-state index contributed by atoms with van der Waals surface area (Å²) in [5.74, 6) is 0.170. The van der Waals surface area contributed by atoms with Crippen molar-refractivity contribution in [2.24, 2.45) is 0 Å². The van der Waals surface area contributed by atoms with Gasteiger partial charge in [0.15, 0.2) is 9.84 Å². The van der Waals surface area contributed by atoms with Gasteiger partial charge < -0.3 is 15.0 Å². The largest absolute Gasteiger partial charge is 0.383 e. The maximum atomic E-state index is 12.5. The summed E-state index contributed by atoms with van der Waals surface area (Å²) in [6.07, 6.45) is 0. The van der Waals surface area contributed by atoms with Crippen LogP contribution >= 0.6 is 11.3 Å². The maximum Gasteiger partial charge on any atom is 0.318 e. The molecule has 3 heterocycles. The Kier molecular flexibility index (Phi) is 5.43. The average Bonchev–Trinajstić information content (AvgIpc) is 3.16. The zero-order valence-corrected chi connectivity index (χ0v) is 15.3. The molecule has 1 aromatic rings. The van der Waals surface area contributed by atoms with Crippen molar-refractivity contribution in [1.29, 1.82) is 0 Å². The third-order valence-electron chi connectivity index (χ3n) is 4.63. The number of nitrogens with one attached hydrogen (secondary N) is 1. The van der Waals surface area contributed by atoms with Crippen LogP contribution in [0.1, 0.15) is 4.88 Å². The summed E-state index contributed by atoms with van der Waals surface area (Å²) in [6, 6.07) is 3.33. The molecule has 2 aliphatic heterocycles. The number of nitrogens with zero attached hydrogens (tertiary/aromatic N) is 2. The molecule has 3 rings (SSSR count). The Labute approximate surface area is 146 Å². The van der Waals surface area contributed by atoms with Gasteiger partial charge in [-0.05, 0) is 11.4 Å². The van der Waals surface area contributed by atoms with Gasteiger partial charge >= 0.3 is 6.03 Å². The molecule has 0 bridgehead atoms. The number of rotatable bonds is 5. The minimum absolute atomic E-state index is 0.0492. The molecule has 24 heavy (non-hydrogen) atoms. The van der Waals surface area contributed by atoms with Gasteiger partial charge in [0.25, 0.3) is 0 Å². The Morgan fingerprint density at radius 2 is 2.17 bits per heavy atom. The summed E-state index contributed by atoms with van der Waals surface area (Å²) in [5.41, 5.74) is 0. The topological polar surface area (TPSA) is 79.0 Å². The smallest absolute Gasteiger partial charge is 0.318 e. The van der Waals surface area contributed by atoms with E-state index in [1.807, 2.05) is 17.5 Å². The van der Waals surface area contributed by atoms with Crippen LogP contribution in [-0.4, -0.2) is 81.2 Å². The monoisotopic (exact) mass is 373 g/mol. The minimum Gasteiger partial charge on any atom is -0.383 e. The predicted molar refractivity (Wildman–Crippen MR) is 92.9 cm³/mol. The number of methoxy groups -OCH3 is 1. The molecule has 134 valence electrons. The van der Waals surface area contributed by atoms with Crippen LogP contribution in [0.2, 0.25) is 0 Å². The van der Waals surface area contributed by atoms with Crippen LogP contribution in [-0.2, 0) is 21.1 Å². The van der Waals surface area contributed by atoms with Gasteiger partial charge in [-0.3, -0.25) is 4.90 Å². The van der Waals surface area contributed by atoms with Crippen molar-refractivity contribution < 1.29 is 17.9 Å². The predicted octanol–water partition coefficient (Wildman–Crippen LogP) is 0.387. The second kappa shape index (κ2) is 7.38. The van der Waals surface area contributed by atoms with Gasteiger partial charge in [-0.1, -0.05) is 6.07 Å². The molecule has 0 radical (unpaired) electrons. The fourth-order valence-electron chi connectivity index (χ4n) is 3.44. The lowest BCUT2D eigenvalue weighted by Gasteiger charge is -2.43. The van der Waals surface area contributed by atoms with Gasteiger partial charge in [0.2, 0.25) is 0 Å². The number of thiophene rings is 1. The molecule has 2 amide bonds.